The first kappa shape index (κ1) is 13.5. The van der Waals surface area contributed by atoms with E-state index in [1.165, 1.54) is 12.1 Å². The van der Waals surface area contributed by atoms with Crippen molar-refractivity contribution in [1.29, 1.82) is 0 Å². The zero-order chi connectivity index (χ0) is 12.8. The molecule has 0 spiro atoms. The summed E-state index contributed by atoms with van der Waals surface area (Å²) < 4.78 is 5.53. The van der Waals surface area contributed by atoms with Crippen molar-refractivity contribution < 1.29 is 19.7 Å². The van der Waals surface area contributed by atoms with Crippen LogP contribution in [0, 0.1) is 0 Å². The predicted octanol–water partition coefficient (Wildman–Crippen LogP) is 2.44. The third-order valence-electron chi connectivity index (χ3n) is 2.30. The number of carboxylic acid groups (broad SMARTS) is 1. The normalized spacial score (nSPS) is 13.6. The van der Waals surface area contributed by atoms with Crippen LogP contribution in [0.3, 0.4) is 0 Å². The Morgan fingerprint density at radius 1 is 1.41 bits per heavy atom. The zero-order valence-electron chi connectivity index (χ0n) is 10.1. The number of aliphatic hydroxyl groups is 1. The predicted molar refractivity (Wildman–Crippen MR) is 64.3 cm³/mol. The number of benzene rings is 1. The van der Waals surface area contributed by atoms with Gasteiger partial charge in [0.15, 0.2) is 0 Å². The molecule has 0 saturated heterocycles. The molecule has 1 aromatic carbocycles. The van der Waals surface area contributed by atoms with E-state index in [9.17, 15) is 4.79 Å². The van der Waals surface area contributed by atoms with Gasteiger partial charge < -0.3 is 14.9 Å². The summed E-state index contributed by atoms with van der Waals surface area (Å²) in [4.78, 5) is 10.7. The number of ether oxygens (including phenoxy) is 1. The van der Waals surface area contributed by atoms with Gasteiger partial charge in [-0.1, -0.05) is 13.8 Å². The van der Waals surface area contributed by atoms with Crippen molar-refractivity contribution in [1.82, 2.24) is 0 Å². The summed E-state index contributed by atoms with van der Waals surface area (Å²) >= 11 is 0. The van der Waals surface area contributed by atoms with Gasteiger partial charge in [0.1, 0.15) is 5.75 Å². The Labute approximate surface area is 101 Å². The molecule has 2 N–H and O–H groups in total. The van der Waals surface area contributed by atoms with Gasteiger partial charge in [0.25, 0.3) is 0 Å². The molecule has 0 atom stereocenters. The molecule has 1 aliphatic rings. The second-order valence-corrected chi connectivity index (χ2v) is 3.60. The van der Waals surface area contributed by atoms with E-state index in [4.69, 9.17) is 14.9 Å². The van der Waals surface area contributed by atoms with Gasteiger partial charge in [0.2, 0.25) is 0 Å². The summed E-state index contributed by atoms with van der Waals surface area (Å²) in [6.45, 7) is 3.79. The lowest BCUT2D eigenvalue weighted by molar-refractivity contribution is 0.0696. The van der Waals surface area contributed by atoms with Gasteiger partial charge in [-0.05, 0) is 31.0 Å². The molecule has 0 amide bonds. The monoisotopic (exact) mass is 238 g/mol. The SMILES string of the molecule is CC.O=C(O)c1ccc(OC2CC2)c(CO)c1. The largest absolute Gasteiger partial charge is 0.490 e. The summed E-state index contributed by atoms with van der Waals surface area (Å²) in [7, 11) is 0. The molecule has 94 valence electrons. The van der Waals surface area contributed by atoms with Crippen molar-refractivity contribution in [2.45, 2.75) is 39.4 Å². The van der Waals surface area contributed by atoms with Crippen molar-refractivity contribution in [3.63, 3.8) is 0 Å². The van der Waals surface area contributed by atoms with E-state index >= 15 is 0 Å². The van der Waals surface area contributed by atoms with Gasteiger partial charge in [-0.2, -0.15) is 0 Å². The standard InChI is InChI=1S/C11H12O4.C2H6/c12-6-8-5-7(11(13)14)1-4-10(8)15-9-2-3-9;1-2/h1,4-5,9,12H,2-3,6H2,(H,13,14);1-2H3. The fourth-order valence-corrected chi connectivity index (χ4v) is 1.32. The number of carboxylic acids is 1. The maximum absolute atomic E-state index is 10.7. The van der Waals surface area contributed by atoms with Crippen molar-refractivity contribution in [3.05, 3.63) is 29.3 Å². The van der Waals surface area contributed by atoms with Crippen LogP contribution in [-0.4, -0.2) is 22.3 Å². The van der Waals surface area contributed by atoms with Gasteiger partial charge in [-0.3, -0.25) is 0 Å². The number of aromatic carboxylic acids is 1. The van der Waals surface area contributed by atoms with Crippen molar-refractivity contribution in [2.75, 3.05) is 0 Å². The van der Waals surface area contributed by atoms with Crippen molar-refractivity contribution >= 4 is 5.97 Å². The van der Waals surface area contributed by atoms with Gasteiger partial charge in [0, 0.05) is 5.56 Å². The number of hydrogen-bond acceptors (Lipinski definition) is 3. The smallest absolute Gasteiger partial charge is 0.335 e. The second-order valence-electron chi connectivity index (χ2n) is 3.60. The maximum atomic E-state index is 10.7. The zero-order valence-corrected chi connectivity index (χ0v) is 10.1. The van der Waals surface area contributed by atoms with Gasteiger partial charge >= 0.3 is 5.97 Å². The Morgan fingerprint density at radius 3 is 2.53 bits per heavy atom. The van der Waals surface area contributed by atoms with Crippen LogP contribution in [-0.2, 0) is 6.61 Å². The molecule has 1 aromatic rings. The quantitative estimate of drug-likeness (QED) is 0.845. The highest BCUT2D eigenvalue weighted by Gasteiger charge is 2.24. The molecular formula is C13H18O4. The van der Waals surface area contributed by atoms with E-state index in [1.807, 2.05) is 13.8 Å². The summed E-state index contributed by atoms with van der Waals surface area (Å²) in [6, 6.07) is 4.53. The molecule has 2 rings (SSSR count). The Bertz CT molecular complexity index is 383. The average Bonchev–Trinajstić information content (AvgIpc) is 3.16. The molecule has 0 aliphatic heterocycles. The first-order chi connectivity index (χ1) is 8.20. The molecule has 0 aromatic heterocycles. The summed E-state index contributed by atoms with van der Waals surface area (Å²) in [5.74, 6) is -0.410. The van der Waals surface area contributed by atoms with Gasteiger partial charge in [-0.15, -0.1) is 0 Å². The minimum absolute atomic E-state index is 0.169. The van der Waals surface area contributed by atoms with Crippen molar-refractivity contribution in [2.24, 2.45) is 0 Å². The number of rotatable bonds is 4. The van der Waals surface area contributed by atoms with E-state index < -0.39 is 5.97 Å². The first-order valence-electron chi connectivity index (χ1n) is 5.84. The molecule has 1 aliphatic carbocycles. The lowest BCUT2D eigenvalue weighted by Gasteiger charge is -2.09. The Kier molecular flexibility index (Phi) is 4.97. The minimum atomic E-state index is -0.998. The molecular weight excluding hydrogens is 220 g/mol. The average molecular weight is 238 g/mol. The summed E-state index contributed by atoms with van der Waals surface area (Å²) in [5, 5.41) is 17.9. The third kappa shape index (κ3) is 3.75. The molecule has 4 heteroatoms. The third-order valence-corrected chi connectivity index (χ3v) is 2.30. The summed E-state index contributed by atoms with van der Waals surface area (Å²) in [5.41, 5.74) is 0.698. The molecule has 0 unspecified atom stereocenters. The Morgan fingerprint density at radius 2 is 2.06 bits per heavy atom. The van der Waals surface area contributed by atoms with Crippen LogP contribution in [0.15, 0.2) is 18.2 Å². The van der Waals surface area contributed by atoms with Crippen LogP contribution in [0.2, 0.25) is 0 Å². The van der Waals surface area contributed by atoms with Crippen LogP contribution < -0.4 is 4.74 Å². The first-order valence-corrected chi connectivity index (χ1v) is 5.84. The maximum Gasteiger partial charge on any atom is 0.335 e. The molecule has 17 heavy (non-hydrogen) atoms. The number of carbonyl (C=O) groups is 1. The van der Waals surface area contributed by atoms with E-state index in [0.717, 1.165) is 12.8 Å². The molecule has 1 saturated carbocycles. The van der Waals surface area contributed by atoms with Gasteiger partial charge in [-0.25, -0.2) is 4.79 Å². The van der Waals surface area contributed by atoms with Crippen molar-refractivity contribution in [3.8, 4) is 5.75 Å². The molecule has 4 nitrogen and oxygen atoms in total. The Hall–Kier alpha value is -1.55. The minimum Gasteiger partial charge on any atom is -0.490 e. The lowest BCUT2D eigenvalue weighted by atomic mass is 10.1. The highest BCUT2D eigenvalue weighted by Crippen LogP contribution is 2.29. The van der Waals surface area contributed by atoms with E-state index in [1.54, 1.807) is 6.07 Å². The number of aliphatic hydroxyl groups excluding tert-OH is 1. The highest BCUT2D eigenvalue weighted by atomic mass is 16.5. The van der Waals surface area contributed by atoms with E-state index in [2.05, 4.69) is 0 Å². The fraction of sp³-hybridized carbons (Fsp3) is 0.462. The second kappa shape index (κ2) is 6.25. The fourth-order valence-electron chi connectivity index (χ4n) is 1.32. The topological polar surface area (TPSA) is 66.8 Å². The summed E-state index contributed by atoms with van der Waals surface area (Å²) in [6.07, 6.45) is 2.31. The van der Waals surface area contributed by atoms with Crippen LogP contribution in [0.4, 0.5) is 0 Å². The molecule has 0 heterocycles. The van der Waals surface area contributed by atoms with Crippen LogP contribution in [0.1, 0.15) is 42.6 Å². The molecule has 0 bridgehead atoms. The van der Waals surface area contributed by atoms with E-state index in [-0.39, 0.29) is 18.3 Å². The molecule has 1 fully saturated rings. The van der Waals surface area contributed by atoms with Crippen LogP contribution in [0.25, 0.3) is 0 Å². The van der Waals surface area contributed by atoms with Crippen LogP contribution in [0.5, 0.6) is 5.75 Å². The molecule has 0 radical (unpaired) electrons. The van der Waals surface area contributed by atoms with Crippen LogP contribution >= 0.6 is 0 Å². The number of hydrogen-bond donors (Lipinski definition) is 2. The Balaban J connectivity index is 0.000000686. The highest BCUT2D eigenvalue weighted by molar-refractivity contribution is 5.88. The van der Waals surface area contributed by atoms with Gasteiger partial charge in [0.05, 0.1) is 18.3 Å². The lowest BCUT2D eigenvalue weighted by Crippen LogP contribution is -2.03. The van der Waals surface area contributed by atoms with E-state index in [0.29, 0.717) is 11.3 Å².